The summed E-state index contributed by atoms with van der Waals surface area (Å²) < 4.78 is 0. The van der Waals surface area contributed by atoms with E-state index in [0.717, 1.165) is 0 Å². The number of benzene rings is 3. The van der Waals surface area contributed by atoms with Crippen molar-refractivity contribution in [2.75, 3.05) is 6.66 Å². The molecule has 0 amide bonds. The van der Waals surface area contributed by atoms with Gasteiger partial charge in [-0.05, 0) is 0 Å². The van der Waals surface area contributed by atoms with E-state index >= 15 is 0 Å². The summed E-state index contributed by atoms with van der Waals surface area (Å²) in [4.78, 5) is 4.89. The Kier molecular flexibility index (Phi) is 3.88. The molecule has 1 aromatic heterocycles. The zero-order valence-corrected chi connectivity index (χ0v) is 14.7. The fraction of sp³-hybridized carbons (Fsp3) is 0.0455. The fourth-order valence-electron chi connectivity index (χ4n) is 3.50. The Morgan fingerprint density at radius 2 is 1.17 bits per heavy atom. The number of hydrogen-bond acceptors (Lipinski definition) is 1. The predicted molar refractivity (Wildman–Crippen MR) is 108 cm³/mol. The molecule has 0 N–H and O–H groups in total. The molecule has 1 nitrogen and oxygen atoms in total. The van der Waals surface area contributed by atoms with Crippen molar-refractivity contribution < 1.29 is 0 Å². The standard InChI is InChI=1S/C22H20NP/c1-24(19-11-4-2-5-12-19,20-13-6-3-7-14-20)22-21-15-9-8-10-18(21)16-17-23-22/h2-17,24H,1H3. The van der Waals surface area contributed by atoms with E-state index < -0.39 is 7.26 Å². The van der Waals surface area contributed by atoms with Gasteiger partial charge in [0.15, 0.2) is 0 Å². The van der Waals surface area contributed by atoms with Crippen LogP contribution in [0.5, 0.6) is 0 Å². The second-order valence-electron chi connectivity index (χ2n) is 6.24. The van der Waals surface area contributed by atoms with Crippen molar-refractivity contribution in [1.82, 2.24) is 4.98 Å². The van der Waals surface area contributed by atoms with Crippen LogP contribution >= 0.6 is 7.26 Å². The van der Waals surface area contributed by atoms with Gasteiger partial charge in [-0.3, -0.25) is 0 Å². The van der Waals surface area contributed by atoms with Gasteiger partial charge in [0, 0.05) is 0 Å². The van der Waals surface area contributed by atoms with Gasteiger partial charge in [-0.1, -0.05) is 0 Å². The van der Waals surface area contributed by atoms with Gasteiger partial charge in [0.05, 0.1) is 0 Å². The SMILES string of the molecule is C[PH](c1ccccc1)(c1ccccc1)c1nccc2ccccc12. The Balaban J connectivity index is 2.07. The minimum atomic E-state index is -2.15. The zero-order valence-electron chi connectivity index (χ0n) is 13.7. The zero-order chi connectivity index (χ0) is 16.4. The molecule has 24 heavy (non-hydrogen) atoms. The van der Waals surface area contributed by atoms with E-state index in [4.69, 9.17) is 4.98 Å². The first kappa shape index (κ1) is 15.1. The third kappa shape index (κ3) is 2.42. The van der Waals surface area contributed by atoms with Gasteiger partial charge in [-0.15, -0.1) is 0 Å². The van der Waals surface area contributed by atoms with Gasteiger partial charge in [0.1, 0.15) is 0 Å². The van der Waals surface area contributed by atoms with Gasteiger partial charge < -0.3 is 0 Å². The van der Waals surface area contributed by atoms with Gasteiger partial charge in [0.2, 0.25) is 0 Å². The summed E-state index contributed by atoms with van der Waals surface area (Å²) in [5.41, 5.74) is 1.23. The van der Waals surface area contributed by atoms with Crippen LogP contribution in [0.1, 0.15) is 0 Å². The molecule has 4 rings (SSSR count). The normalized spacial score (nSPS) is 12.2. The summed E-state index contributed by atoms with van der Waals surface area (Å²) in [7, 11) is -2.15. The molecule has 1 heterocycles. The number of fused-ring (bicyclic) bond motifs is 1. The average molecular weight is 329 g/mol. The average Bonchev–Trinajstić information content (AvgIpc) is 2.68. The van der Waals surface area contributed by atoms with Crippen LogP contribution in [0.4, 0.5) is 0 Å². The molecule has 2 heteroatoms. The van der Waals surface area contributed by atoms with Gasteiger partial charge in [-0.2, -0.15) is 0 Å². The Labute approximate surface area is 143 Å². The second kappa shape index (κ2) is 6.19. The molecular weight excluding hydrogens is 309 g/mol. The number of hydrogen-bond donors (Lipinski definition) is 0. The number of pyridine rings is 1. The van der Waals surface area contributed by atoms with E-state index in [0.29, 0.717) is 0 Å². The van der Waals surface area contributed by atoms with E-state index in [1.165, 1.54) is 26.8 Å². The Morgan fingerprint density at radius 1 is 0.625 bits per heavy atom. The molecular formula is C22H20NP. The molecule has 0 aliphatic heterocycles. The second-order valence-corrected chi connectivity index (χ2v) is 10.1. The van der Waals surface area contributed by atoms with Gasteiger partial charge >= 0.3 is 143 Å². The van der Waals surface area contributed by atoms with Crippen LogP contribution < -0.4 is 16.0 Å². The topological polar surface area (TPSA) is 12.9 Å². The molecule has 0 spiro atoms. The van der Waals surface area contributed by atoms with Crippen molar-refractivity contribution in [3.8, 4) is 0 Å². The van der Waals surface area contributed by atoms with Crippen molar-refractivity contribution >= 4 is 34.1 Å². The van der Waals surface area contributed by atoms with Crippen molar-refractivity contribution in [1.29, 1.82) is 0 Å². The first-order chi connectivity index (χ1) is 11.8. The quantitative estimate of drug-likeness (QED) is 0.520. The third-order valence-electron chi connectivity index (χ3n) is 4.85. The molecule has 0 bridgehead atoms. The Bertz CT molecular complexity index is 920. The van der Waals surface area contributed by atoms with Crippen molar-refractivity contribution in [3.05, 3.63) is 97.2 Å². The van der Waals surface area contributed by atoms with E-state index in [9.17, 15) is 0 Å². The number of rotatable bonds is 3. The van der Waals surface area contributed by atoms with Crippen LogP contribution in [-0.4, -0.2) is 11.6 Å². The summed E-state index contributed by atoms with van der Waals surface area (Å²) in [5, 5.41) is 5.30. The molecule has 0 radical (unpaired) electrons. The molecule has 0 saturated heterocycles. The third-order valence-corrected chi connectivity index (χ3v) is 9.17. The van der Waals surface area contributed by atoms with Crippen molar-refractivity contribution in [2.24, 2.45) is 0 Å². The van der Waals surface area contributed by atoms with Crippen LogP contribution in [0.3, 0.4) is 0 Å². The van der Waals surface area contributed by atoms with Crippen LogP contribution in [0.25, 0.3) is 10.8 Å². The summed E-state index contributed by atoms with van der Waals surface area (Å²) in [6.07, 6.45) is 1.95. The first-order valence-corrected chi connectivity index (χ1v) is 10.8. The molecule has 4 aromatic rings. The first-order valence-electron chi connectivity index (χ1n) is 8.25. The maximum atomic E-state index is 4.89. The van der Waals surface area contributed by atoms with E-state index in [-0.39, 0.29) is 0 Å². The summed E-state index contributed by atoms with van der Waals surface area (Å²) in [5.74, 6) is 0. The van der Waals surface area contributed by atoms with E-state index in [1.54, 1.807) is 0 Å². The maximum absolute atomic E-state index is 4.89. The van der Waals surface area contributed by atoms with E-state index in [2.05, 4.69) is 97.7 Å². The van der Waals surface area contributed by atoms with Gasteiger partial charge in [-0.25, -0.2) is 0 Å². The fourth-order valence-corrected chi connectivity index (χ4v) is 7.20. The minimum absolute atomic E-state index is 1.23. The van der Waals surface area contributed by atoms with Crippen LogP contribution in [0.15, 0.2) is 97.2 Å². The Hall–Kier alpha value is -2.50. The van der Waals surface area contributed by atoms with Crippen LogP contribution in [0, 0.1) is 0 Å². The molecule has 0 atom stereocenters. The van der Waals surface area contributed by atoms with Crippen LogP contribution in [0.2, 0.25) is 0 Å². The van der Waals surface area contributed by atoms with Gasteiger partial charge in [0.25, 0.3) is 0 Å². The van der Waals surface area contributed by atoms with Crippen LogP contribution in [-0.2, 0) is 0 Å². The molecule has 0 fully saturated rings. The summed E-state index contributed by atoms with van der Waals surface area (Å²) >= 11 is 0. The summed E-state index contributed by atoms with van der Waals surface area (Å²) in [6.45, 7) is 2.41. The molecule has 0 aliphatic rings. The molecule has 0 saturated carbocycles. The molecule has 0 unspecified atom stereocenters. The predicted octanol–water partition coefficient (Wildman–Crippen LogP) is 3.89. The molecule has 3 aromatic carbocycles. The monoisotopic (exact) mass is 329 g/mol. The number of aromatic nitrogens is 1. The van der Waals surface area contributed by atoms with Crippen molar-refractivity contribution in [3.63, 3.8) is 0 Å². The number of nitrogens with zero attached hydrogens (tertiary/aromatic N) is 1. The van der Waals surface area contributed by atoms with E-state index in [1.807, 2.05) is 6.20 Å². The molecule has 118 valence electrons. The summed E-state index contributed by atoms with van der Waals surface area (Å²) in [6, 6.07) is 32.4. The molecule has 0 aliphatic carbocycles. The Morgan fingerprint density at radius 3 is 1.79 bits per heavy atom. The van der Waals surface area contributed by atoms with Crippen molar-refractivity contribution in [2.45, 2.75) is 0 Å².